The smallest absolute Gasteiger partial charge is 0.233 e. The van der Waals surface area contributed by atoms with Crippen molar-refractivity contribution < 1.29 is 9.90 Å². The van der Waals surface area contributed by atoms with Gasteiger partial charge in [0, 0.05) is 12.0 Å². The van der Waals surface area contributed by atoms with Crippen molar-refractivity contribution in [3.05, 3.63) is 0 Å². The zero-order valence-corrected chi connectivity index (χ0v) is 9.51. The third-order valence-corrected chi connectivity index (χ3v) is 3.20. The van der Waals surface area contributed by atoms with Crippen LogP contribution in [-0.2, 0) is 4.79 Å². The number of aliphatic hydroxyl groups is 1. The minimum absolute atomic E-state index is 0.0246. The Labute approximate surface area is 91.4 Å². The molecule has 4 heteroatoms. The van der Waals surface area contributed by atoms with Gasteiger partial charge in [0.1, 0.15) is 0 Å². The Bertz CT molecular complexity index is 201. The van der Waals surface area contributed by atoms with Crippen LogP contribution in [-0.4, -0.2) is 37.3 Å². The van der Waals surface area contributed by atoms with E-state index in [1.165, 1.54) is 12.8 Å². The van der Waals surface area contributed by atoms with Crippen LogP contribution in [0.5, 0.6) is 0 Å². The number of aliphatic hydroxyl groups excluding tert-OH is 1. The number of hydrogen-bond acceptors (Lipinski definition) is 3. The molecule has 0 spiro atoms. The summed E-state index contributed by atoms with van der Waals surface area (Å²) in [4.78, 5) is 11.4. The lowest BCUT2D eigenvalue weighted by molar-refractivity contribution is -0.120. The zero-order chi connectivity index (χ0) is 11.1. The summed E-state index contributed by atoms with van der Waals surface area (Å²) in [5.74, 6) is 0.0246. The van der Waals surface area contributed by atoms with Crippen molar-refractivity contribution in [2.45, 2.75) is 32.6 Å². The van der Waals surface area contributed by atoms with Crippen LogP contribution in [0.15, 0.2) is 0 Å². The van der Waals surface area contributed by atoms with E-state index in [0.29, 0.717) is 13.1 Å². The Morgan fingerprint density at radius 2 is 2.07 bits per heavy atom. The third-order valence-electron chi connectivity index (χ3n) is 3.20. The van der Waals surface area contributed by atoms with Gasteiger partial charge in [0.25, 0.3) is 0 Å². The fourth-order valence-electron chi connectivity index (χ4n) is 2.10. The molecule has 88 valence electrons. The Morgan fingerprint density at radius 1 is 1.40 bits per heavy atom. The summed E-state index contributed by atoms with van der Waals surface area (Å²) in [6.07, 6.45) is 4.41. The summed E-state index contributed by atoms with van der Waals surface area (Å²) in [5, 5.41) is 15.2. The van der Waals surface area contributed by atoms with Crippen LogP contribution in [0.25, 0.3) is 0 Å². The van der Waals surface area contributed by atoms with Crippen LogP contribution >= 0.6 is 0 Å². The maximum atomic E-state index is 11.4. The molecule has 1 saturated carbocycles. The number of amides is 1. The average Bonchev–Trinajstić information content (AvgIpc) is 2.73. The second-order valence-corrected chi connectivity index (χ2v) is 4.42. The Balaban J connectivity index is 2.25. The van der Waals surface area contributed by atoms with Crippen LogP contribution in [0.2, 0.25) is 0 Å². The Hall–Kier alpha value is -0.610. The second kappa shape index (κ2) is 6.08. The summed E-state index contributed by atoms with van der Waals surface area (Å²) < 4.78 is 0. The molecule has 3 N–H and O–H groups in total. The molecular formula is C11H22N2O2. The molecule has 0 radical (unpaired) electrons. The monoisotopic (exact) mass is 214 g/mol. The van der Waals surface area contributed by atoms with E-state index in [1.54, 1.807) is 0 Å². The molecule has 1 rings (SSSR count). The molecule has 15 heavy (non-hydrogen) atoms. The molecule has 0 aromatic rings. The van der Waals surface area contributed by atoms with Gasteiger partial charge < -0.3 is 15.7 Å². The van der Waals surface area contributed by atoms with E-state index in [-0.39, 0.29) is 17.9 Å². The topological polar surface area (TPSA) is 61.4 Å². The van der Waals surface area contributed by atoms with Gasteiger partial charge in [-0.05, 0) is 19.4 Å². The van der Waals surface area contributed by atoms with E-state index in [9.17, 15) is 9.90 Å². The van der Waals surface area contributed by atoms with Gasteiger partial charge in [-0.1, -0.05) is 19.8 Å². The van der Waals surface area contributed by atoms with Gasteiger partial charge in [-0.2, -0.15) is 0 Å². The normalized spacial score (nSPS) is 19.1. The highest BCUT2D eigenvalue weighted by atomic mass is 16.3. The van der Waals surface area contributed by atoms with Crippen molar-refractivity contribution in [2.75, 3.05) is 26.2 Å². The molecule has 1 aliphatic rings. The first-order valence-corrected chi connectivity index (χ1v) is 5.81. The zero-order valence-electron chi connectivity index (χ0n) is 9.51. The van der Waals surface area contributed by atoms with Crippen molar-refractivity contribution in [1.82, 2.24) is 10.6 Å². The molecule has 0 unspecified atom stereocenters. The first-order valence-electron chi connectivity index (χ1n) is 5.81. The van der Waals surface area contributed by atoms with Gasteiger partial charge in [0.2, 0.25) is 5.91 Å². The van der Waals surface area contributed by atoms with E-state index in [2.05, 4.69) is 10.6 Å². The molecular weight excluding hydrogens is 192 g/mol. The van der Waals surface area contributed by atoms with Crippen molar-refractivity contribution in [2.24, 2.45) is 5.41 Å². The van der Waals surface area contributed by atoms with Gasteiger partial charge in [0.05, 0.1) is 13.2 Å². The molecule has 0 atom stereocenters. The standard InChI is InChI=1S/C11H22N2O2/c1-2-12-7-10(15)13-8-11(9-14)5-3-4-6-11/h12,14H,2-9H2,1H3,(H,13,15). The fourth-order valence-corrected chi connectivity index (χ4v) is 2.10. The van der Waals surface area contributed by atoms with Crippen molar-refractivity contribution >= 4 is 5.91 Å². The van der Waals surface area contributed by atoms with Gasteiger partial charge >= 0.3 is 0 Å². The highest BCUT2D eigenvalue weighted by Gasteiger charge is 2.33. The number of likely N-dealkylation sites (N-methyl/N-ethyl adjacent to an activating group) is 1. The highest BCUT2D eigenvalue weighted by molar-refractivity contribution is 5.78. The average molecular weight is 214 g/mol. The van der Waals surface area contributed by atoms with Gasteiger partial charge in [-0.25, -0.2) is 0 Å². The lowest BCUT2D eigenvalue weighted by Gasteiger charge is -2.26. The predicted octanol–water partition coefficient (Wildman–Crippen LogP) is 0.265. The van der Waals surface area contributed by atoms with E-state index in [0.717, 1.165) is 19.4 Å². The molecule has 1 aliphatic carbocycles. The SMILES string of the molecule is CCNCC(=O)NCC1(CO)CCCC1. The van der Waals surface area contributed by atoms with Gasteiger partial charge in [-0.15, -0.1) is 0 Å². The number of carbonyl (C=O) groups excluding carboxylic acids is 1. The minimum atomic E-state index is -0.0398. The van der Waals surface area contributed by atoms with Gasteiger partial charge in [-0.3, -0.25) is 4.79 Å². The summed E-state index contributed by atoms with van der Waals surface area (Å²) in [6, 6.07) is 0. The summed E-state index contributed by atoms with van der Waals surface area (Å²) in [7, 11) is 0. The molecule has 0 heterocycles. The Kier molecular flexibility index (Phi) is 5.05. The van der Waals surface area contributed by atoms with Crippen LogP contribution in [0.4, 0.5) is 0 Å². The minimum Gasteiger partial charge on any atom is -0.396 e. The van der Waals surface area contributed by atoms with Crippen molar-refractivity contribution in [3.8, 4) is 0 Å². The van der Waals surface area contributed by atoms with Crippen LogP contribution in [0.1, 0.15) is 32.6 Å². The first kappa shape index (κ1) is 12.5. The van der Waals surface area contributed by atoms with Crippen molar-refractivity contribution in [1.29, 1.82) is 0 Å². The van der Waals surface area contributed by atoms with Crippen LogP contribution < -0.4 is 10.6 Å². The fraction of sp³-hybridized carbons (Fsp3) is 0.909. The summed E-state index contributed by atoms with van der Waals surface area (Å²) >= 11 is 0. The van der Waals surface area contributed by atoms with Crippen LogP contribution in [0, 0.1) is 5.41 Å². The third kappa shape index (κ3) is 3.80. The molecule has 0 aromatic carbocycles. The van der Waals surface area contributed by atoms with Crippen LogP contribution in [0.3, 0.4) is 0 Å². The second-order valence-electron chi connectivity index (χ2n) is 4.42. The first-order chi connectivity index (χ1) is 7.22. The largest absolute Gasteiger partial charge is 0.396 e. The molecule has 0 aliphatic heterocycles. The predicted molar refractivity (Wildman–Crippen MR) is 59.5 cm³/mol. The number of hydrogen-bond donors (Lipinski definition) is 3. The van der Waals surface area contributed by atoms with E-state index >= 15 is 0 Å². The Morgan fingerprint density at radius 3 is 2.60 bits per heavy atom. The molecule has 0 bridgehead atoms. The number of nitrogens with one attached hydrogen (secondary N) is 2. The van der Waals surface area contributed by atoms with Gasteiger partial charge in [0.15, 0.2) is 0 Å². The lowest BCUT2D eigenvalue weighted by atomic mass is 9.87. The molecule has 0 aromatic heterocycles. The number of rotatable bonds is 6. The summed E-state index contributed by atoms with van der Waals surface area (Å²) in [5.41, 5.74) is -0.0398. The maximum absolute atomic E-state index is 11.4. The lowest BCUT2D eigenvalue weighted by Crippen LogP contribution is -2.41. The molecule has 1 fully saturated rings. The summed E-state index contributed by atoms with van der Waals surface area (Å²) in [6.45, 7) is 3.96. The van der Waals surface area contributed by atoms with Crippen molar-refractivity contribution in [3.63, 3.8) is 0 Å². The van der Waals surface area contributed by atoms with E-state index in [4.69, 9.17) is 0 Å². The quantitative estimate of drug-likeness (QED) is 0.594. The molecule has 4 nitrogen and oxygen atoms in total. The highest BCUT2D eigenvalue weighted by Crippen LogP contribution is 2.36. The molecule has 0 saturated heterocycles. The molecule has 1 amide bonds. The van der Waals surface area contributed by atoms with E-state index in [1.807, 2.05) is 6.92 Å². The maximum Gasteiger partial charge on any atom is 0.233 e. The number of carbonyl (C=O) groups is 1. The van der Waals surface area contributed by atoms with E-state index < -0.39 is 0 Å².